The van der Waals surface area contributed by atoms with Crippen LogP contribution in [0.4, 0.5) is 5.69 Å². The molecule has 1 heterocycles. The third-order valence-corrected chi connectivity index (χ3v) is 3.00. The number of amides is 1. The van der Waals surface area contributed by atoms with Gasteiger partial charge < -0.3 is 5.32 Å². The van der Waals surface area contributed by atoms with Crippen LogP contribution < -0.4 is 5.32 Å². The highest BCUT2D eigenvalue weighted by Gasteiger charge is 2.11. The Morgan fingerprint density at radius 1 is 1.42 bits per heavy atom. The number of carbonyl (C=O) groups excluding carboxylic acids is 1. The Morgan fingerprint density at radius 3 is 2.84 bits per heavy atom. The number of hydrogen-bond acceptors (Lipinski definition) is 2. The number of fused-ring (bicyclic) bond motifs is 1. The number of pyridine rings is 1. The average Bonchev–Trinajstić information content (AvgIpc) is 2.33. The van der Waals surface area contributed by atoms with Gasteiger partial charge in [-0.15, -0.1) is 0 Å². The monoisotopic (exact) mass is 274 g/mol. The normalized spacial score (nSPS) is 10.3. The van der Waals surface area contributed by atoms with Crippen LogP contribution >= 0.6 is 11.6 Å². The molecule has 1 aromatic carbocycles. The number of carbonyl (C=O) groups is 1. The Balaban J connectivity index is 2.54. The van der Waals surface area contributed by atoms with Gasteiger partial charge in [0.25, 0.3) is 0 Å². The second-order valence-corrected chi connectivity index (χ2v) is 5.07. The van der Waals surface area contributed by atoms with Gasteiger partial charge in [0.2, 0.25) is 5.91 Å². The molecule has 0 atom stereocenters. The van der Waals surface area contributed by atoms with Gasteiger partial charge in [0.1, 0.15) is 0 Å². The van der Waals surface area contributed by atoms with Crippen LogP contribution in [0.1, 0.15) is 19.4 Å². The van der Waals surface area contributed by atoms with Crippen molar-refractivity contribution >= 4 is 34.1 Å². The summed E-state index contributed by atoms with van der Waals surface area (Å²) >= 11 is 6.23. The maximum atomic E-state index is 11.8. The maximum Gasteiger partial charge on any atom is 0.248 e. The van der Waals surface area contributed by atoms with Crippen LogP contribution in [0.15, 0.2) is 36.0 Å². The Labute approximate surface area is 117 Å². The quantitative estimate of drug-likeness (QED) is 0.838. The minimum Gasteiger partial charge on any atom is -0.321 e. The number of nitrogens with one attached hydrogen (secondary N) is 1. The van der Waals surface area contributed by atoms with Crippen molar-refractivity contribution in [1.82, 2.24) is 4.98 Å². The zero-order valence-corrected chi connectivity index (χ0v) is 11.9. The van der Waals surface area contributed by atoms with Crippen molar-refractivity contribution in [3.05, 3.63) is 46.6 Å². The van der Waals surface area contributed by atoms with Crippen molar-refractivity contribution in [2.45, 2.75) is 20.8 Å². The van der Waals surface area contributed by atoms with E-state index in [4.69, 9.17) is 11.6 Å². The standard InChI is InChI=1S/C15H15ClN2O/c1-9(2)7-13(19)18-15-11-5-4-6-17-14(11)10(3)8-12(15)16/h4-8H,1-3H3,(H,18,19). The molecule has 3 nitrogen and oxygen atoms in total. The highest BCUT2D eigenvalue weighted by molar-refractivity contribution is 6.35. The summed E-state index contributed by atoms with van der Waals surface area (Å²) in [7, 11) is 0. The first-order chi connectivity index (χ1) is 8.99. The van der Waals surface area contributed by atoms with Gasteiger partial charge in [0, 0.05) is 17.7 Å². The predicted octanol–water partition coefficient (Wildman–Crippen LogP) is 4.10. The number of halogens is 1. The number of aromatic nitrogens is 1. The first-order valence-electron chi connectivity index (χ1n) is 5.98. The van der Waals surface area contributed by atoms with Crippen LogP contribution in [0.5, 0.6) is 0 Å². The van der Waals surface area contributed by atoms with Crippen molar-refractivity contribution in [1.29, 1.82) is 0 Å². The number of rotatable bonds is 2. The lowest BCUT2D eigenvalue weighted by atomic mass is 10.1. The average molecular weight is 275 g/mol. The lowest BCUT2D eigenvalue weighted by molar-refractivity contribution is -0.111. The molecule has 2 aromatic rings. The van der Waals surface area contributed by atoms with E-state index >= 15 is 0 Å². The molecule has 0 aliphatic rings. The first kappa shape index (κ1) is 13.6. The van der Waals surface area contributed by atoms with E-state index in [2.05, 4.69) is 10.3 Å². The lowest BCUT2D eigenvalue weighted by Gasteiger charge is -2.11. The third kappa shape index (κ3) is 2.93. The Kier molecular flexibility index (Phi) is 3.86. The van der Waals surface area contributed by atoms with Gasteiger partial charge in [-0.05, 0) is 44.5 Å². The molecule has 0 fully saturated rings. The Morgan fingerprint density at radius 2 is 2.16 bits per heavy atom. The smallest absolute Gasteiger partial charge is 0.248 e. The highest BCUT2D eigenvalue weighted by atomic mass is 35.5. The SMILES string of the molecule is CC(C)=CC(=O)Nc1c(Cl)cc(C)c2ncccc12. The second kappa shape index (κ2) is 5.41. The summed E-state index contributed by atoms with van der Waals surface area (Å²) in [6.07, 6.45) is 3.27. The molecular weight excluding hydrogens is 260 g/mol. The molecule has 19 heavy (non-hydrogen) atoms. The summed E-state index contributed by atoms with van der Waals surface area (Å²) in [6, 6.07) is 5.54. The largest absolute Gasteiger partial charge is 0.321 e. The molecule has 4 heteroatoms. The van der Waals surface area contributed by atoms with Gasteiger partial charge in [-0.2, -0.15) is 0 Å². The molecule has 0 bridgehead atoms. The van der Waals surface area contributed by atoms with Crippen LogP contribution in [0.2, 0.25) is 5.02 Å². The van der Waals surface area contributed by atoms with Crippen LogP contribution in [0.3, 0.4) is 0 Å². The van der Waals surface area contributed by atoms with Gasteiger partial charge in [0.05, 0.1) is 16.2 Å². The maximum absolute atomic E-state index is 11.8. The van der Waals surface area contributed by atoms with Crippen LogP contribution in [-0.4, -0.2) is 10.9 Å². The van der Waals surface area contributed by atoms with Gasteiger partial charge >= 0.3 is 0 Å². The van der Waals surface area contributed by atoms with Crippen LogP contribution in [0, 0.1) is 6.92 Å². The highest BCUT2D eigenvalue weighted by Crippen LogP contribution is 2.32. The molecule has 1 N–H and O–H groups in total. The summed E-state index contributed by atoms with van der Waals surface area (Å²) in [5.74, 6) is -0.184. The Bertz CT molecular complexity index is 673. The van der Waals surface area contributed by atoms with E-state index in [0.717, 1.165) is 22.0 Å². The molecule has 0 aliphatic heterocycles. The number of hydrogen-bond donors (Lipinski definition) is 1. The van der Waals surface area contributed by atoms with Crippen LogP contribution in [-0.2, 0) is 4.79 Å². The molecule has 0 aliphatic carbocycles. The fourth-order valence-electron chi connectivity index (χ4n) is 1.93. The van der Waals surface area contributed by atoms with Crippen molar-refractivity contribution in [3.63, 3.8) is 0 Å². The van der Waals surface area contributed by atoms with E-state index in [9.17, 15) is 4.79 Å². The molecule has 0 unspecified atom stereocenters. The summed E-state index contributed by atoms with van der Waals surface area (Å²) in [4.78, 5) is 16.2. The van der Waals surface area contributed by atoms with Gasteiger partial charge in [0.15, 0.2) is 0 Å². The lowest BCUT2D eigenvalue weighted by Crippen LogP contribution is -2.09. The topological polar surface area (TPSA) is 42.0 Å². The molecule has 98 valence electrons. The molecule has 0 saturated carbocycles. The fourth-order valence-corrected chi connectivity index (χ4v) is 2.24. The molecule has 0 saturated heterocycles. The molecule has 0 spiro atoms. The van der Waals surface area contributed by atoms with Gasteiger partial charge in [-0.25, -0.2) is 0 Å². The van der Waals surface area contributed by atoms with E-state index in [1.54, 1.807) is 12.3 Å². The zero-order valence-electron chi connectivity index (χ0n) is 11.1. The van der Waals surface area contributed by atoms with E-state index in [1.165, 1.54) is 0 Å². The van der Waals surface area contributed by atoms with Crippen LogP contribution in [0.25, 0.3) is 10.9 Å². The Hall–Kier alpha value is -1.87. The molecule has 1 amide bonds. The van der Waals surface area contributed by atoms with Crippen molar-refractivity contribution in [2.24, 2.45) is 0 Å². The summed E-state index contributed by atoms with van der Waals surface area (Å²) in [6.45, 7) is 5.69. The van der Waals surface area contributed by atoms with Gasteiger partial charge in [-0.3, -0.25) is 9.78 Å². The molecular formula is C15H15ClN2O. The molecule has 2 rings (SSSR count). The zero-order chi connectivity index (χ0) is 14.0. The predicted molar refractivity (Wildman–Crippen MR) is 79.6 cm³/mol. The van der Waals surface area contributed by atoms with Gasteiger partial charge in [-0.1, -0.05) is 17.2 Å². The number of benzene rings is 1. The minimum absolute atomic E-state index is 0.184. The van der Waals surface area contributed by atoms with E-state index in [1.807, 2.05) is 39.0 Å². The number of nitrogens with zero attached hydrogens (tertiary/aromatic N) is 1. The molecule has 0 radical (unpaired) electrons. The summed E-state index contributed by atoms with van der Waals surface area (Å²) in [5, 5.41) is 4.20. The summed E-state index contributed by atoms with van der Waals surface area (Å²) < 4.78 is 0. The van der Waals surface area contributed by atoms with Crippen molar-refractivity contribution in [3.8, 4) is 0 Å². The summed E-state index contributed by atoms with van der Waals surface area (Å²) in [5.41, 5.74) is 3.38. The van der Waals surface area contributed by atoms with Crippen molar-refractivity contribution in [2.75, 3.05) is 5.32 Å². The van der Waals surface area contributed by atoms with E-state index in [0.29, 0.717) is 10.7 Å². The fraction of sp³-hybridized carbons (Fsp3) is 0.200. The first-order valence-corrected chi connectivity index (χ1v) is 6.36. The van der Waals surface area contributed by atoms with Crippen molar-refractivity contribution < 1.29 is 4.79 Å². The van der Waals surface area contributed by atoms with E-state index < -0.39 is 0 Å². The second-order valence-electron chi connectivity index (χ2n) is 4.66. The molecule has 1 aromatic heterocycles. The number of anilines is 1. The number of allylic oxidation sites excluding steroid dienone is 1. The minimum atomic E-state index is -0.184. The third-order valence-electron chi connectivity index (χ3n) is 2.70. The number of aryl methyl sites for hydroxylation is 1. The van der Waals surface area contributed by atoms with E-state index in [-0.39, 0.29) is 5.91 Å².